The molecule has 0 spiro atoms. The van der Waals surface area contributed by atoms with Crippen molar-refractivity contribution in [3.63, 3.8) is 0 Å². The third kappa shape index (κ3) is 4.39. The van der Waals surface area contributed by atoms with Crippen molar-refractivity contribution in [2.75, 3.05) is 38.6 Å². The molecule has 4 heteroatoms. The van der Waals surface area contributed by atoms with E-state index in [0.717, 1.165) is 30.2 Å². The van der Waals surface area contributed by atoms with E-state index in [1.807, 2.05) is 13.0 Å². The van der Waals surface area contributed by atoms with E-state index in [4.69, 9.17) is 4.74 Å². The second-order valence-corrected chi connectivity index (χ2v) is 5.21. The van der Waals surface area contributed by atoms with Crippen molar-refractivity contribution in [3.05, 3.63) is 18.0 Å². The van der Waals surface area contributed by atoms with Crippen LogP contribution in [0.5, 0.6) is 5.75 Å². The molecule has 0 atom stereocenters. The highest BCUT2D eigenvalue weighted by Gasteiger charge is 2.09. The molecule has 1 aliphatic rings. The maximum Gasteiger partial charge on any atom is 0.160 e. The molecule has 19 heavy (non-hydrogen) atoms. The third-order valence-corrected chi connectivity index (χ3v) is 3.67. The second-order valence-electron chi connectivity index (χ2n) is 5.21. The molecule has 0 aliphatic carbocycles. The molecule has 1 N–H and O–H groups in total. The lowest BCUT2D eigenvalue weighted by atomic mass is 10.2. The van der Waals surface area contributed by atoms with E-state index in [2.05, 4.69) is 15.2 Å². The maximum atomic E-state index is 5.32. The Kier molecular flexibility index (Phi) is 5.45. The van der Waals surface area contributed by atoms with Crippen molar-refractivity contribution >= 4 is 5.69 Å². The van der Waals surface area contributed by atoms with Crippen molar-refractivity contribution in [2.45, 2.75) is 32.6 Å². The van der Waals surface area contributed by atoms with Gasteiger partial charge in [0.05, 0.1) is 19.0 Å². The Hall–Kier alpha value is -1.29. The lowest BCUT2D eigenvalue weighted by Gasteiger charge is -2.20. The van der Waals surface area contributed by atoms with Crippen LogP contribution in [0.4, 0.5) is 5.69 Å². The number of likely N-dealkylation sites (tertiary alicyclic amines) is 1. The van der Waals surface area contributed by atoms with Gasteiger partial charge >= 0.3 is 0 Å². The zero-order valence-corrected chi connectivity index (χ0v) is 12.1. The first-order chi connectivity index (χ1) is 9.29. The monoisotopic (exact) mass is 263 g/mol. The predicted molar refractivity (Wildman–Crippen MR) is 78.9 cm³/mol. The van der Waals surface area contributed by atoms with Gasteiger partial charge in [-0.3, -0.25) is 4.98 Å². The Morgan fingerprint density at radius 2 is 2.00 bits per heavy atom. The summed E-state index contributed by atoms with van der Waals surface area (Å²) in [5.74, 6) is 0.821. The lowest BCUT2D eigenvalue weighted by molar-refractivity contribution is 0.296. The van der Waals surface area contributed by atoms with Gasteiger partial charge in [-0.1, -0.05) is 12.8 Å². The Bertz CT molecular complexity index is 387. The molecule has 0 amide bonds. The van der Waals surface area contributed by atoms with Crippen LogP contribution >= 0.6 is 0 Å². The molecule has 1 aromatic rings. The standard InChI is InChI=1S/C15H25N3O/c1-13-11-14(15(19-2)12-17-13)16-7-10-18-8-5-3-4-6-9-18/h11-12H,3-10H2,1-2H3,(H,16,17). The summed E-state index contributed by atoms with van der Waals surface area (Å²) >= 11 is 0. The highest BCUT2D eigenvalue weighted by molar-refractivity contribution is 5.55. The zero-order valence-electron chi connectivity index (χ0n) is 12.1. The predicted octanol–water partition coefficient (Wildman–Crippen LogP) is 2.69. The minimum Gasteiger partial charge on any atom is -0.493 e. The molecule has 1 aliphatic heterocycles. The van der Waals surface area contributed by atoms with E-state index in [-0.39, 0.29) is 0 Å². The number of nitrogens with zero attached hydrogens (tertiary/aromatic N) is 2. The molecule has 106 valence electrons. The van der Waals surface area contributed by atoms with Crippen LogP contribution in [0.1, 0.15) is 31.4 Å². The maximum absolute atomic E-state index is 5.32. The summed E-state index contributed by atoms with van der Waals surface area (Å²) in [7, 11) is 1.69. The number of rotatable bonds is 5. The first-order valence-corrected chi connectivity index (χ1v) is 7.26. The van der Waals surface area contributed by atoms with Gasteiger partial charge in [0.25, 0.3) is 0 Å². The fourth-order valence-electron chi connectivity index (χ4n) is 2.56. The van der Waals surface area contributed by atoms with Crippen LogP contribution < -0.4 is 10.1 Å². The van der Waals surface area contributed by atoms with E-state index in [9.17, 15) is 0 Å². The number of pyridine rings is 1. The van der Waals surface area contributed by atoms with E-state index in [0.29, 0.717) is 0 Å². The molecule has 0 aromatic carbocycles. The van der Waals surface area contributed by atoms with Gasteiger partial charge in [-0.2, -0.15) is 0 Å². The van der Waals surface area contributed by atoms with Crippen LogP contribution in [0.15, 0.2) is 12.3 Å². The fraction of sp³-hybridized carbons (Fsp3) is 0.667. The summed E-state index contributed by atoms with van der Waals surface area (Å²) in [5.41, 5.74) is 2.06. The molecular formula is C15H25N3O. The van der Waals surface area contributed by atoms with Gasteiger partial charge in [0, 0.05) is 18.8 Å². The summed E-state index contributed by atoms with van der Waals surface area (Å²) < 4.78 is 5.32. The minimum absolute atomic E-state index is 0.821. The van der Waals surface area contributed by atoms with Crippen molar-refractivity contribution < 1.29 is 4.74 Å². The molecular weight excluding hydrogens is 238 g/mol. The van der Waals surface area contributed by atoms with Gasteiger partial charge in [-0.15, -0.1) is 0 Å². The molecule has 1 fully saturated rings. The topological polar surface area (TPSA) is 37.4 Å². The van der Waals surface area contributed by atoms with Crippen molar-refractivity contribution in [1.82, 2.24) is 9.88 Å². The average molecular weight is 263 g/mol. The molecule has 0 unspecified atom stereocenters. The van der Waals surface area contributed by atoms with Crippen LogP contribution in [0.25, 0.3) is 0 Å². The lowest BCUT2D eigenvalue weighted by Crippen LogP contribution is -2.30. The van der Waals surface area contributed by atoms with Crippen LogP contribution in [-0.2, 0) is 0 Å². The molecule has 1 saturated heterocycles. The summed E-state index contributed by atoms with van der Waals surface area (Å²) in [6.07, 6.45) is 7.25. The molecule has 0 radical (unpaired) electrons. The normalized spacial score (nSPS) is 16.9. The number of hydrogen-bond acceptors (Lipinski definition) is 4. The number of methoxy groups -OCH3 is 1. The van der Waals surface area contributed by atoms with Crippen molar-refractivity contribution in [3.8, 4) is 5.75 Å². The number of nitrogens with one attached hydrogen (secondary N) is 1. The summed E-state index contributed by atoms with van der Waals surface area (Å²) in [4.78, 5) is 6.80. The zero-order chi connectivity index (χ0) is 13.5. The Labute approximate surface area is 116 Å². The highest BCUT2D eigenvalue weighted by Crippen LogP contribution is 2.23. The number of ether oxygens (including phenoxy) is 1. The van der Waals surface area contributed by atoms with E-state index in [1.165, 1.54) is 38.8 Å². The van der Waals surface area contributed by atoms with E-state index in [1.54, 1.807) is 13.3 Å². The first-order valence-electron chi connectivity index (χ1n) is 7.26. The van der Waals surface area contributed by atoms with Crippen LogP contribution in [0.2, 0.25) is 0 Å². The van der Waals surface area contributed by atoms with Gasteiger partial charge in [0.15, 0.2) is 5.75 Å². The quantitative estimate of drug-likeness (QED) is 0.886. The van der Waals surface area contributed by atoms with Gasteiger partial charge in [0.2, 0.25) is 0 Å². The van der Waals surface area contributed by atoms with Gasteiger partial charge in [-0.05, 0) is 38.9 Å². The van der Waals surface area contributed by atoms with Gasteiger partial charge in [0.1, 0.15) is 0 Å². The molecule has 2 heterocycles. The van der Waals surface area contributed by atoms with Crippen molar-refractivity contribution in [1.29, 1.82) is 0 Å². The highest BCUT2D eigenvalue weighted by atomic mass is 16.5. The molecule has 4 nitrogen and oxygen atoms in total. The smallest absolute Gasteiger partial charge is 0.160 e. The van der Waals surface area contributed by atoms with E-state index >= 15 is 0 Å². The van der Waals surface area contributed by atoms with Crippen LogP contribution in [0.3, 0.4) is 0 Å². The number of aryl methyl sites for hydroxylation is 1. The Morgan fingerprint density at radius 3 is 2.68 bits per heavy atom. The molecule has 0 saturated carbocycles. The Balaban J connectivity index is 1.82. The first kappa shape index (κ1) is 14.1. The number of anilines is 1. The molecule has 2 rings (SSSR count). The fourth-order valence-corrected chi connectivity index (χ4v) is 2.56. The summed E-state index contributed by atoms with van der Waals surface area (Å²) in [6, 6.07) is 2.04. The molecule has 1 aromatic heterocycles. The van der Waals surface area contributed by atoms with Crippen LogP contribution in [-0.4, -0.2) is 43.2 Å². The van der Waals surface area contributed by atoms with Crippen LogP contribution in [0, 0.1) is 6.92 Å². The summed E-state index contributed by atoms with van der Waals surface area (Å²) in [5, 5.41) is 3.47. The van der Waals surface area contributed by atoms with Gasteiger partial charge < -0.3 is 15.0 Å². The number of hydrogen-bond donors (Lipinski definition) is 1. The minimum atomic E-state index is 0.821. The number of aromatic nitrogens is 1. The summed E-state index contributed by atoms with van der Waals surface area (Å²) in [6.45, 7) is 6.55. The Morgan fingerprint density at radius 1 is 1.26 bits per heavy atom. The van der Waals surface area contributed by atoms with Gasteiger partial charge in [-0.25, -0.2) is 0 Å². The second kappa shape index (κ2) is 7.34. The third-order valence-electron chi connectivity index (χ3n) is 3.67. The van der Waals surface area contributed by atoms with E-state index < -0.39 is 0 Å². The van der Waals surface area contributed by atoms with Crippen molar-refractivity contribution in [2.24, 2.45) is 0 Å². The largest absolute Gasteiger partial charge is 0.493 e. The average Bonchev–Trinajstić information content (AvgIpc) is 2.68. The SMILES string of the molecule is COc1cnc(C)cc1NCCN1CCCCCC1. The molecule has 0 bridgehead atoms.